The summed E-state index contributed by atoms with van der Waals surface area (Å²) in [5.74, 6) is 0.669. The first-order valence-electron chi connectivity index (χ1n) is 11.6. The molecule has 0 bridgehead atoms. The van der Waals surface area contributed by atoms with Gasteiger partial charge in [0, 0.05) is 26.7 Å². The quantitative estimate of drug-likeness (QED) is 0.336. The second kappa shape index (κ2) is 9.91. The number of fused-ring (bicyclic) bond motifs is 3. The summed E-state index contributed by atoms with van der Waals surface area (Å²) in [6, 6.07) is 13.5. The Morgan fingerprint density at radius 2 is 1.76 bits per heavy atom. The van der Waals surface area contributed by atoms with Gasteiger partial charge in [-0.05, 0) is 62.7 Å². The number of thiophene rings is 1. The second-order valence-corrected chi connectivity index (χ2v) is 10.4. The molecule has 1 atom stereocenters. The number of benzene rings is 2. The lowest BCUT2D eigenvalue weighted by molar-refractivity contribution is -0.116. The number of aromatic nitrogens is 3. The molecule has 37 heavy (non-hydrogen) atoms. The first-order valence-corrected chi connectivity index (χ1v) is 12.8. The highest BCUT2D eigenvalue weighted by atomic mass is 35.5. The van der Waals surface area contributed by atoms with Crippen LogP contribution < -0.4 is 5.32 Å². The summed E-state index contributed by atoms with van der Waals surface area (Å²) < 4.78 is 6.74. The molecule has 4 aromatic rings. The average Bonchev–Trinajstić information content (AvgIpc) is 3.36. The SMILES string of the molecule is COC(=O)c1ccc(NC(=O)C[C@@H]2N=C(c3ccc(Cl)cc3)c3c(sc(C)c3C)-n3c(C)nnc32)cc1. The number of nitrogens with one attached hydrogen (secondary N) is 1. The van der Waals surface area contributed by atoms with E-state index in [0.717, 1.165) is 33.2 Å². The summed E-state index contributed by atoms with van der Waals surface area (Å²) in [4.78, 5) is 31.1. The number of aliphatic imine (C=N–C) groups is 1. The highest BCUT2D eigenvalue weighted by Crippen LogP contribution is 2.39. The molecule has 0 spiro atoms. The number of carbonyl (C=O) groups excluding carboxylic acids is 2. The third-order valence-corrected chi connectivity index (χ3v) is 7.77. The van der Waals surface area contributed by atoms with Crippen LogP contribution in [0.5, 0.6) is 0 Å². The van der Waals surface area contributed by atoms with Gasteiger partial charge in [0.05, 0.1) is 24.8 Å². The molecular weight excluding hydrogens is 510 g/mol. The summed E-state index contributed by atoms with van der Waals surface area (Å²) in [5.41, 5.74) is 4.81. The molecule has 1 aliphatic rings. The molecule has 8 nitrogen and oxygen atoms in total. The van der Waals surface area contributed by atoms with Crippen LogP contribution in [0.15, 0.2) is 53.5 Å². The van der Waals surface area contributed by atoms with Crippen LogP contribution >= 0.6 is 22.9 Å². The van der Waals surface area contributed by atoms with Crippen molar-refractivity contribution >= 4 is 46.2 Å². The summed E-state index contributed by atoms with van der Waals surface area (Å²) >= 11 is 7.83. The molecule has 2 aromatic carbocycles. The van der Waals surface area contributed by atoms with Gasteiger partial charge in [0.15, 0.2) is 5.82 Å². The molecule has 1 N–H and O–H groups in total. The predicted octanol–water partition coefficient (Wildman–Crippen LogP) is 5.61. The van der Waals surface area contributed by atoms with Gasteiger partial charge in [-0.3, -0.25) is 14.4 Å². The van der Waals surface area contributed by atoms with Gasteiger partial charge in [-0.2, -0.15) is 0 Å². The number of aryl methyl sites for hydroxylation is 2. The predicted molar refractivity (Wildman–Crippen MR) is 144 cm³/mol. The van der Waals surface area contributed by atoms with E-state index in [0.29, 0.717) is 22.1 Å². The zero-order chi connectivity index (χ0) is 26.3. The number of hydrogen-bond acceptors (Lipinski definition) is 7. The molecule has 5 rings (SSSR count). The Hall–Kier alpha value is -3.82. The standard InChI is InChI=1S/C27H24ClN5O3S/c1-14-15(2)37-26-23(14)24(17-5-9-19(28)10-6-17)30-21(25-32-31-16(3)33(25)26)13-22(34)29-20-11-7-18(8-12-20)27(35)36-4/h5-12,21H,13H2,1-4H3,(H,29,34)/t21-/m0/s1. The van der Waals surface area contributed by atoms with E-state index in [9.17, 15) is 9.59 Å². The van der Waals surface area contributed by atoms with Gasteiger partial charge >= 0.3 is 5.97 Å². The zero-order valence-corrected chi connectivity index (χ0v) is 22.3. The first kappa shape index (κ1) is 24.9. The Bertz CT molecular complexity index is 1540. The lowest BCUT2D eigenvalue weighted by Gasteiger charge is -2.13. The molecule has 0 saturated carbocycles. The number of ether oxygens (including phenoxy) is 1. The van der Waals surface area contributed by atoms with Crippen molar-refractivity contribution in [2.24, 2.45) is 4.99 Å². The topological polar surface area (TPSA) is 98.5 Å². The number of rotatable bonds is 5. The second-order valence-electron chi connectivity index (χ2n) is 8.73. The minimum Gasteiger partial charge on any atom is -0.465 e. The Labute approximate surface area is 223 Å². The van der Waals surface area contributed by atoms with E-state index in [2.05, 4.69) is 29.4 Å². The van der Waals surface area contributed by atoms with Crippen molar-refractivity contribution in [1.29, 1.82) is 0 Å². The largest absolute Gasteiger partial charge is 0.465 e. The van der Waals surface area contributed by atoms with E-state index in [1.807, 2.05) is 35.8 Å². The third kappa shape index (κ3) is 4.68. The number of hydrogen-bond donors (Lipinski definition) is 1. The van der Waals surface area contributed by atoms with Gasteiger partial charge in [0.25, 0.3) is 0 Å². The van der Waals surface area contributed by atoms with Crippen LogP contribution in [0.1, 0.15) is 56.0 Å². The minimum absolute atomic E-state index is 0.0565. The summed E-state index contributed by atoms with van der Waals surface area (Å²) in [6.07, 6.45) is 0.0565. The van der Waals surface area contributed by atoms with Gasteiger partial charge in [-0.15, -0.1) is 21.5 Å². The van der Waals surface area contributed by atoms with Crippen LogP contribution in [0.3, 0.4) is 0 Å². The van der Waals surface area contributed by atoms with Gasteiger partial charge < -0.3 is 10.1 Å². The Kier molecular flexibility index (Phi) is 6.66. The highest BCUT2D eigenvalue weighted by Gasteiger charge is 2.32. The number of esters is 1. The van der Waals surface area contributed by atoms with Crippen molar-refractivity contribution in [3.8, 4) is 5.00 Å². The fourth-order valence-electron chi connectivity index (χ4n) is 4.33. The molecular formula is C27H24ClN5O3S. The number of anilines is 1. The van der Waals surface area contributed by atoms with E-state index >= 15 is 0 Å². The Balaban J connectivity index is 1.53. The van der Waals surface area contributed by atoms with Crippen molar-refractivity contribution in [1.82, 2.24) is 14.8 Å². The molecule has 10 heteroatoms. The van der Waals surface area contributed by atoms with Gasteiger partial charge in [-0.1, -0.05) is 23.7 Å². The first-order chi connectivity index (χ1) is 17.8. The molecule has 1 amide bonds. The van der Waals surface area contributed by atoms with Crippen LogP contribution in [-0.2, 0) is 9.53 Å². The third-order valence-electron chi connectivity index (χ3n) is 6.33. The van der Waals surface area contributed by atoms with Crippen molar-refractivity contribution in [3.63, 3.8) is 0 Å². The molecule has 188 valence electrons. The molecule has 1 aliphatic heterocycles. The lowest BCUT2D eigenvalue weighted by atomic mass is 9.99. The summed E-state index contributed by atoms with van der Waals surface area (Å²) in [6.45, 7) is 6.07. The number of halogens is 1. The molecule has 0 saturated heterocycles. The van der Waals surface area contributed by atoms with E-state index in [-0.39, 0.29) is 12.3 Å². The normalized spacial score (nSPS) is 14.3. The average molecular weight is 534 g/mol. The number of amides is 1. The zero-order valence-electron chi connectivity index (χ0n) is 20.7. The smallest absolute Gasteiger partial charge is 0.337 e. The number of methoxy groups -OCH3 is 1. The monoisotopic (exact) mass is 533 g/mol. The Morgan fingerprint density at radius 3 is 2.43 bits per heavy atom. The highest BCUT2D eigenvalue weighted by molar-refractivity contribution is 7.15. The van der Waals surface area contributed by atoms with Gasteiger partial charge in [0.2, 0.25) is 5.91 Å². The number of nitrogens with zero attached hydrogens (tertiary/aromatic N) is 4. The van der Waals surface area contributed by atoms with E-state index in [4.69, 9.17) is 21.3 Å². The molecule has 2 aromatic heterocycles. The van der Waals surface area contributed by atoms with Crippen molar-refractivity contribution in [2.75, 3.05) is 12.4 Å². The maximum Gasteiger partial charge on any atom is 0.337 e. The van der Waals surface area contributed by atoms with E-state index < -0.39 is 12.0 Å². The molecule has 3 heterocycles. The van der Waals surface area contributed by atoms with Crippen LogP contribution in [-0.4, -0.2) is 39.5 Å². The molecule has 0 radical (unpaired) electrons. The maximum absolute atomic E-state index is 13.2. The van der Waals surface area contributed by atoms with Crippen molar-refractivity contribution in [2.45, 2.75) is 33.2 Å². The van der Waals surface area contributed by atoms with E-state index in [1.54, 1.807) is 35.6 Å². The van der Waals surface area contributed by atoms with Crippen LogP contribution in [0.25, 0.3) is 5.00 Å². The van der Waals surface area contributed by atoms with Crippen molar-refractivity contribution in [3.05, 3.63) is 92.3 Å². The fraction of sp³-hybridized carbons (Fsp3) is 0.222. The molecule has 0 unspecified atom stereocenters. The Morgan fingerprint density at radius 1 is 1.05 bits per heavy atom. The lowest BCUT2D eigenvalue weighted by Crippen LogP contribution is -2.17. The fourth-order valence-corrected chi connectivity index (χ4v) is 5.67. The van der Waals surface area contributed by atoms with E-state index in [1.165, 1.54) is 12.0 Å². The van der Waals surface area contributed by atoms with Crippen LogP contribution in [0, 0.1) is 20.8 Å². The van der Waals surface area contributed by atoms with Gasteiger partial charge in [0.1, 0.15) is 16.9 Å². The number of carbonyl (C=O) groups is 2. The van der Waals surface area contributed by atoms with Crippen LogP contribution in [0.4, 0.5) is 5.69 Å². The maximum atomic E-state index is 13.2. The van der Waals surface area contributed by atoms with Crippen LogP contribution in [0.2, 0.25) is 5.02 Å². The minimum atomic E-state index is -0.569. The molecule has 0 fully saturated rings. The van der Waals surface area contributed by atoms with Crippen molar-refractivity contribution < 1.29 is 14.3 Å². The van der Waals surface area contributed by atoms with Gasteiger partial charge in [-0.25, -0.2) is 4.79 Å². The summed E-state index contributed by atoms with van der Waals surface area (Å²) in [7, 11) is 1.33. The molecule has 0 aliphatic carbocycles. The summed E-state index contributed by atoms with van der Waals surface area (Å²) in [5, 5.41) is 13.3.